The Morgan fingerprint density at radius 2 is 1.70 bits per heavy atom. The van der Waals surface area contributed by atoms with Gasteiger partial charge in [0.1, 0.15) is 0 Å². The Balaban J connectivity index is 0.00000192. The smallest absolute Gasteiger partial charge is 0.0815 e. The van der Waals surface area contributed by atoms with Crippen LogP contribution in [0.2, 0.25) is 5.02 Å². The minimum absolute atomic E-state index is 0. The Kier molecular flexibility index (Phi) is 6.22. The highest BCUT2D eigenvalue weighted by Gasteiger charge is 2.20. The van der Waals surface area contributed by atoms with Gasteiger partial charge in [-0.15, -0.1) is 0 Å². The summed E-state index contributed by atoms with van der Waals surface area (Å²) in [5, 5.41) is 0.802. The predicted octanol–water partition coefficient (Wildman–Crippen LogP) is 2.34. The van der Waals surface area contributed by atoms with Crippen LogP contribution >= 0.6 is 23.4 Å². The third-order valence-corrected chi connectivity index (χ3v) is 5.16. The number of rotatable bonds is 3. The summed E-state index contributed by atoms with van der Waals surface area (Å²) in [6, 6.07) is 14.8. The van der Waals surface area contributed by atoms with E-state index in [1.54, 1.807) is 0 Å². The molecular weight excluding hydrogens is 437 g/mol. The predicted molar refractivity (Wildman–Crippen MR) is 96.6 cm³/mol. The zero-order valence-electron chi connectivity index (χ0n) is 13.6. The first-order valence-corrected chi connectivity index (χ1v) is 8.71. The molecule has 4 heteroatoms. The first-order valence-electron chi connectivity index (χ1n) is 7.52. The maximum atomic E-state index is 6.24. The van der Waals surface area contributed by atoms with Gasteiger partial charge in [0.05, 0.1) is 27.7 Å². The van der Waals surface area contributed by atoms with Crippen molar-refractivity contribution in [1.82, 2.24) is 0 Å². The summed E-state index contributed by atoms with van der Waals surface area (Å²) in [4.78, 5) is 2.62. The summed E-state index contributed by atoms with van der Waals surface area (Å²) in [6.45, 7) is 1.12. The highest BCUT2D eigenvalue weighted by Crippen LogP contribution is 2.46. The van der Waals surface area contributed by atoms with Gasteiger partial charge in [0.25, 0.3) is 0 Å². The Bertz CT molecular complexity index is 734. The fourth-order valence-electron chi connectivity index (χ4n) is 2.66. The van der Waals surface area contributed by atoms with E-state index in [0.717, 1.165) is 22.5 Å². The lowest BCUT2D eigenvalue weighted by Crippen LogP contribution is -3.00. The van der Waals surface area contributed by atoms with Crippen molar-refractivity contribution in [2.45, 2.75) is 16.2 Å². The Hall–Kier alpha value is -0.490. The highest BCUT2D eigenvalue weighted by molar-refractivity contribution is 7.99. The molecule has 0 spiro atoms. The Labute approximate surface area is 165 Å². The molecule has 0 atom stereocenters. The van der Waals surface area contributed by atoms with Crippen LogP contribution < -0.4 is 24.0 Å². The van der Waals surface area contributed by atoms with E-state index < -0.39 is 0 Å². The Morgan fingerprint density at radius 1 is 1.00 bits per heavy atom. The number of hydrogen-bond acceptors (Lipinski definition) is 1. The van der Waals surface area contributed by atoms with Gasteiger partial charge in [0.15, 0.2) is 0 Å². The lowest BCUT2D eigenvalue weighted by molar-refractivity contribution is -0.869. The molecule has 3 rings (SSSR count). The number of halogens is 2. The van der Waals surface area contributed by atoms with Crippen molar-refractivity contribution in [2.24, 2.45) is 0 Å². The van der Waals surface area contributed by atoms with Gasteiger partial charge in [-0.1, -0.05) is 47.6 Å². The molecule has 0 aliphatic carbocycles. The second kappa shape index (κ2) is 7.60. The van der Waals surface area contributed by atoms with Crippen LogP contribution in [0.15, 0.2) is 58.3 Å². The van der Waals surface area contributed by atoms with Gasteiger partial charge < -0.3 is 28.5 Å². The molecule has 1 aliphatic heterocycles. The minimum atomic E-state index is 0. The van der Waals surface area contributed by atoms with Crippen LogP contribution in [0.3, 0.4) is 0 Å². The average molecular weight is 458 g/mol. The van der Waals surface area contributed by atoms with E-state index >= 15 is 0 Å². The van der Waals surface area contributed by atoms with Crippen LogP contribution in [0.4, 0.5) is 0 Å². The van der Waals surface area contributed by atoms with Crippen molar-refractivity contribution in [3.63, 3.8) is 0 Å². The second-order valence-electron chi connectivity index (χ2n) is 6.66. The molecule has 1 heterocycles. The summed E-state index contributed by atoms with van der Waals surface area (Å²) in [5.41, 5.74) is 3.90. The largest absolute Gasteiger partial charge is 1.00 e. The maximum Gasteiger partial charge on any atom is 0.0815 e. The van der Waals surface area contributed by atoms with Crippen LogP contribution in [-0.2, 0) is 0 Å². The first-order chi connectivity index (χ1) is 10.4. The second-order valence-corrected chi connectivity index (χ2v) is 8.18. The van der Waals surface area contributed by atoms with E-state index in [9.17, 15) is 0 Å². The number of fused-ring (bicyclic) bond motifs is 2. The molecule has 0 saturated carbocycles. The molecule has 0 radical (unpaired) electrons. The lowest BCUT2D eigenvalue weighted by Gasteiger charge is -2.25. The van der Waals surface area contributed by atoms with Crippen LogP contribution in [-0.4, -0.2) is 32.2 Å². The molecule has 0 amide bonds. The number of benzene rings is 2. The average Bonchev–Trinajstić information content (AvgIpc) is 2.46. The van der Waals surface area contributed by atoms with Crippen LogP contribution in [0.25, 0.3) is 5.57 Å². The summed E-state index contributed by atoms with van der Waals surface area (Å²) in [5.74, 6) is 0. The SMILES string of the molecule is C[N+](C)(C)CCC=C1c2ccccc2Sc2ccc(Cl)cc21.[I-]. The van der Waals surface area contributed by atoms with E-state index in [1.807, 2.05) is 17.8 Å². The number of nitrogens with zero attached hydrogens (tertiary/aromatic N) is 1. The summed E-state index contributed by atoms with van der Waals surface area (Å²) >= 11 is 8.07. The monoisotopic (exact) mass is 457 g/mol. The molecule has 0 fully saturated rings. The quantitative estimate of drug-likeness (QED) is 0.430. The molecule has 2 aromatic carbocycles. The zero-order chi connectivity index (χ0) is 15.7. The standard InChI is InChI=1S/C19H21ClNS.HI/c1-21(2,3)12-6-8-15-16-7-4-5-9-18(16)22-19-11-10-14(20)13-17(15)19;/h4-5,7-11,13H,6,12H2,1-3H3;1H/q+1;/p-1. The first kappa shape index (κ1) is 18.8. The van der Waals surface area contributed by atoms with Crippen LogP contribution in [0.1, 0.15) is 17.5 Å². The number of quaternary nitrogens is 1. The van der Waals surface area contributed by atoms with Crippen LogP contribution in [0.5, 0.6) is 0 Å². The summed E-state index contributed by atoms with van der Waals surface area (Å²) < 4.78 is 0.975. The van der Waals surface area contributed by atoms with E-state index in [1.165, 1.54) is 26.5 Å². The van der Waals surface area contributed by atoms with Gasteiger partial charge in [-0.25, -0.2) is 0 Å². The molecule has 0 unspecified atom stereocenters. The van der Waals surface area contributed by atoms with Gasteiger partial charge in [0, 0.05) is 21.2 Å². The van der Waals surface area contributed by atoms with Crippen molar-refractivity contribution >= 4 is 28.9 Å². The lowest BCUT2D eigenvalue weighted by atomic mass is 9.96. The summed E-state index contributed by atoms with van der Waals surface area (Å²) in [6.07, 6.45) is 3.43. The molecule has 1 aliphatic rings. The third kappa shape index (κ3) is 4.53. The molecule has 0 bridgehead atoms. The normalized spacial score (nSPS) is 14.9. The van der Waals surface area contributed by atoms with Gasteiger partial charge in [0.2, 0.25) is 0 Å². The molecular formula is C19H21ClINS. The molecule has 1 nitrogen and oxygen atoms in total. The molecule has 0 N–H and O–H groups in total. The molecule has 122 valence electrons. The van der Waals surface area contributed by atoms with Crippen LogP contribution in [0, 0.1) is 0 Å². The van der Waals surface area contributed by atoms with Gasteiger partial charge >= 0.3 is 0 Å². The molecule has 0 aromatic heterocycles. The molecule has 0 saturated heterocycles. The molecule has 2 aromatic rings. The molecule has 23 heavy (non-hydrogen) atoms. The van der Waals surface area contributed by atoms with Gasteiger partial charge in [-0.3, -0.25) is 0 Å². The van der Waals surface area contributed by atoms with E-state index in [-0.39, 0.29) is 24.0 Å². The van der Waals surface area contributed by atoms with E-state index in [0.29, 0.717) is 0 Å². The van der Waals surface area contributed by atoms with E-state index in [4.69, 9.17) is 11.6 Å². The van der Waals surface area contributed by atoms with Crippen molar-refractivity contribution in [3.05, 3.63) is 64.7 Å². The summed E-state index contributed by atoms with van der Waals surface area (Å²) in [7, 11) is 6.69. The third-order valence-electron chi connectivity index (χ3n) is 3.78. The Morgan fingerprint density at radius 3 is 2.43 bits per heavy atom. The van der Waals surface area contributed by atoms with Crippen molar-refractivity contribution < 1.29 is 28.5 Å². The zero-order valence-corrected chi connectivity index (χ0v) is 17.4. The van der Waals surface area contributed by atoms with Gasteiger partial charge in [-0.05, 0) is 41.0 Å². The van der Waals surface area contributed by atoms with E-state index in [2.05, 4.69) is 63.6 Å². The topological polar surface area (TPSA) is 0 Å². The fourth-order valence-corrected chi connectivity index (χ4v) is 3.92. The minimum Gasteiger partial charge on any atom is -1.00 e. The van der Waals surface area contributed by atoms with Crippen molar-refractivity contribution in [1.29, 1.82) is 0 Å². The number of hydrogen-bond donors (Lipinski definition) is 0. The fraction of sp³-hybridized carbons (Fsp3) is 0.263. The van der Waals surface area contributed by atoms with Gasteiger partial charge in [-0.2, -0.15) is 0 Å². The van der Waals surface area contributed by atoms with Crippen molar-refractivity contribution in [2.75, 3.05) is 27.7 Å². The maximum absolute atomic E-state index is 6.24. The van der Waals surface area contributed by atoms with Crippen molar-refractivity contribution in [3.8, 4) is 0 Å². The highest BCUT2D eigenvalue weighted by atomic mass is 127.